The number of hydrogen-bond donors (Lipinski definition) is 0. The van der Waals surface area contributed by atoms with E-state index >= 15 is 0 Å². The van der Waals surface area contributed by atoms with Gasteiger partial charge in [-0.3, -0.25) is 9.36 Å². The Bertz CT molecular complexity index is 1230. The molecule has 4 heteroatoms. The predicted molar refractivity (Wildman–Crippen MR) is 122 cm³/mol. The topological polar surface area (TPSA) is 34.9 Å². The van der Waals surface area contributed by atoms with Crippen LogP contribution in [0.5, 0.6) is 0 Å². The van der Waals surface area contributed by atoms with Gasteiger partial charge in [0.15, 0.2) is 5.16 Å². The normalized spacial score (nSPS) is 11.1. The molecule has 1 aromatic heterocycles. The number of rotatable bonds is 5. The van der Waals surface area contributed by atoms with Gasteiger partial charge in [0, 0.05) is 5.75 Å². The number of para-hydroxylation sites is 1. The molecule has 3 nitrogen and oxygen atoms in total. The van der Waals surface area contributed by atoms with Crippen molar-refractivity contribution < 1.29 is 0 Å². The summed E-state index contributed by atoms with van der Waals surface area (Å²) < 4.78 is 1.80. The fourth-order valence-corrected chi connectivity index (χ4v) is 4.26. The second-order valence-electron chi connectivity index (χ2n) is 7.50. The fourth-order valence-electron chi connectivity index (χ4n) is 3.31. The standard InChI is InChI=1S/C25H24N2OS/c1-17-8-11-20(12-9-17)15-27-24(28)22-6-4-5-7-23(22)26-25(27)29-16-21-13-10-18(2)19(3)14-21/h4-14H,15-16H2,1-3H3. The van der Waals surface area contributed by atoms with Gasteiger partial charge in [0.25, 0.3) is 5.56 Å². The number of thioether (sulfide) groups is 1. The third kappa shape index (κ3) is 4.28. The molecule has 3 aromatic carbocycles. The van der Waals surface area contributed by atoms with Crippen LogP contribution in [0.2, 0.25) is 0 Å². The first-order chi connectivity index (χ1) is 14.0. The van der Waals surface area contributed by atoms with Gasteiger partial charge in [0.05, 0.1) is 17.4 Å². The maximum absolute atomic E-state index is 13.2. The zero-order valence-electron chi connectivity index (χ0n) is 17.0. The summed E-state index contributed by atoms with van der Waals surface area (Å²) in [6.07, 6.45) is 0. The van der Waals surface area contributed by atoms with E-state index in [9.17, 15) is 4.79 Å². The molecule has 0 unspecified atom stereocenters. The van der Waals surface area contributed by atoms with Gasteiger partial charge >= 0.3 is 0 Å². The molecule has 146 valence electrons. The van der Waals surface area contributed by atoms with E-state index in [2.05, 4.69) is 63.2 Å². The predicted octanol–water partition coefficient (Wildman–Crippen LogP) is 5.66. The highest BCUT2D eigenvalue weighted by molar-refractivity contribution is 7.98. The Morgan fingerprint density at radius 2 is 1.59 bits per heavy atom. The molecule has 0 atom stereocenters. The van der Waals surface area contributed by atoms with E-state index in [1.165, 1.54) is 22.3 Å². The smallest absolute Gasteiger partial charge is 0.262 e. The van der Waals surface area contributed by atoms with Crippen LogP contribution in [0.15, 0.2) is 76.7 Å². The number of nitrogens with zero attached hydrogens (tertiary/aromatic N) is 2. The molecule has 0 spiro atoms. The van der Waals surface area contributed by atoms with Crippen LogP contribution >= 0.6 is 11.8 Å². The molecule has 0 N–H and O–H groups in total. The van der Waals surface area contributed by atoms with Crippen molar-refractivity contribution in [3.05, 3.63) is 105 Å². The first-order valence-corrected chi connectivity index (χ1v) is 10.7. The quantitative estimate of drug-likeness (QED) is 0.320. The van der Waals surface area contributed by atoms with Crippen molar-refractivity contribution in [2.45, 2.75) is 38.2 Å². The lowest BCUT2D eigenvalue weighted by Gasteiger charge is -2.14. The molecule has 0 bridgehead atoms. The van der Waals surface area contributed by atoms with Gasteiger partial charge in [-0.25, -0.2) is 4.98 Å². The Morgan fingerprint density at radius 3 is 2.34 bits per heavy atom. The first-order valence-electron chi connectivity index (χ1n) is 9.75. The third-order valence-electron chi connectivity index (χ3n) is 5.23. The van der Waals surface area contributed by atoms with E-state index in [0.29, 0.717) is 11.9 Å². The Hall–Kier alpha value is -2.85. The molecule has 0 aliphatic heterocycles. The van der Waals surface area contributed by atoms with Crippen LogP contribution < -0.4 is 5.56 Å². The van der Waals surface area contributed by atoms with Crippen molar-refractivity contribution in [2.75, 3.05) is 0 Å². The molecular weight excluding hydrogens is 376 g/mol. The molecule has 0 fully saturated rings. The van der Waals surface area contributed by atoms with Crippen LogP contribution in [0, 0.1) is 20.8 Å². The minimum atomic E-state index is 0.0127. The number of benzene rings is 3. The molecule has 4 aromatic rings. The molecule has 0 saturated carbocycles. The maximum atomic E-state index is 13.2. The zero-order chi connectivity index (χ0) is 20.4. The van der Waals surface area contributed by atoms with Crippen molar-refractivity contribution in [3.63, 3.8) is 0 Å². The SMILES string of the molecule is Cc1ccc(Cn2c(SCc3ccc(C)c(C)c3)nc3ccccc3c2=O)cc1. The molecule has 29 heavy (non-hydrogen) atoms. The Kier molecular flexibility index (Phi) is 5.54. The van der Waals surface area contributed by atoms with Gasteiger partial charge in [0.2, 0.25) is 0 Å². The monoisotopic (exact) mass is 400 g/mol. The summed E-state index contributed by atoms with van der Waals surface area (Å²) in [5.74, 6) is 0.778. The highest BCUT2D eigenvalue weighted by Gasteiger charge is 2.12. The lowest BCUT2D eigenvalue weighted by Crippen LogP contribution is -2.24. The molecule has 1 heterocycles. The van der Waals surface area contributed by atoms with Gasteiger partial charge < -0.3 is 0 Å². The molecule has 0 aliphatic rings. The van der Waals surface area contributed by atoms with Crippen LogP contribution in [0.25, 0.3) is 10.9 Å². The van der Waals surface area contributed by atoms with Crippen LogP contribution in [0.4, 0.5) is 0 Å². The molecule has 4 rings (SSSR count). The van der Waals surface area contributed by atoms with E-state index in [1.807, 2.05) is 24.3 Å². The maximum Gasteiger partial charge on any atom is 0.262 e. The number of hydrogen-bond acceptors (Lipinski definition) is 3. The van der Waals surface area contributed by atoms with Crippen molar-refractivity contribution in [2.24, 2.45) is 0 Å². The summed E-state index contributed by atoms with van der Waals surface area (Å²) in [4.78, 5) is 18.1. The van der Waals surface area contributed by atoms with E-state index in [4.69, 9.17) is 4.98 Å². The Morgan fingerprint density at radius 1 is 0.862 bits per heavy atom. The third-order valence-corrected chi connectivity index (χ3v) is 6.27. The Labute approximate surface area is 175 Å². The van der Waals surface area contributed by atoms with E-state index < -0.39 is 0 Å². The molecule has 0 saturated heterocycles. The van der Waals surface area contributed by atoms with Gasteiger partial charge in [-0.15, -0.1) is 0 Å². The summed E-state index contributed by atoms with van der Waals surface area (Å²) in [5.41, 5.74) is 6.89. The highest BCUT2D eigenvalue weighted by atomic mass is 32.2. The van der Waals surface area contributed by atoms with Crippen LogP contribution in [-0.4, -0.2) is 9.55 Å². The number of aryl methyl sites for hydroxylation is 3. The summed E-state index contributed by atoms with van der Waals surface area (Å²) in [7, 11) is 0. The average molecular weight is 401 g/mol. The first kappa shape index (κ1) is 19.5. The fraction of sp³-hybridized carbons (Fsp3) is 0.200. The molecule has 0 amide bonds. The van der Waals surface area contributed by atoms with Crippen molar-refractivity contribution in [3.8, 4) is 0 Å². The largest absolute Gasteiger partial charge is 0.283 e. The van der Waals surface area contributed by atoms with E-state index in [-0.39, 0.29) is 5.56 Å². The zero-order valence-corrected chi connectivity index (χ0v) is 17.8. The van der Waals surface area contributed by atoms with Crippen molar-refractivity contribution in [1.29, 1.82) is 0 Å². The minimum Gasteiger partial charge on any atom is -0.283 e. The van der Waals surface area contributed by atoms with Crippen molar-refractivity contribution >= 4 is 22.7 Å². The van der Waals surface area contributed by atoms with E-state index in [1.54, 1.807) is 16.3 Å². The lowest BCUT2D eigenvalue weighted by atomic mass is 10.1. The summed E-state index contributed by atoms with van der Waals surface area (Å²) in [6.45, 7) is 6.84. The molecule has 0 radical (unpaired) electrons. The van der Waals surface area contributed by atoms with Crippen LogP contribution in [0.3, 0.4) is 0 Å². The van der Waals surface area contributed by atoms with Crippen LogP contribution in [0.1, 0.15) is 27.8 Å². The van der Waals surface area contributed by atoms with Gasteiger partial charge in [-0.2, -0.15) is 0 Å². The molecule has 0 aliphatic carbocycles. The average Bonchev–Trinajstić information content (AvgIpc) is 2.73. The second-order valence-corrected chi connectivity index (χ2v) is 8.44. The minimum absolute atomic E-state index is 0.0127. The highest BCUT2D eigenvalue weighted by Crippen LogP contribution is 2.24. The lowest BCUT2D eigenvalue weighted by molar-refractivity contribution is 0.658. The van der Waals surface area contributed by atoms with Gasteiger partial charge in [-0.05, 0) is 55.2 Å². The number of fused-ring (bicyclic) bond motifs is 1. The summed E-state index contributed by atoms with van der Waals surface area (Å²) >= 11 is 1.62. The van der Waals surface area contributed by atoms with E-state index in [0.717, 1.165) is 22.0 Å². The van der Waals surface area contributed by atoms with Crippen LogP contribution in [-0.2, 0) is 12.3 Å². The van der Waals surface area contributed by atoms with Gasteiger partial charge in [0.1, 0.15) is 0 Å². The number of aromatic nitrogens is 2. The summed E-state index contributed by atoms with van der Waals surface area (Å²) in [5, 5.41) is 1.42. The van der Waals surface area contributed by atoms with Crippen molar-refractivity contribution in [1.82, 2.24) is 9.55 Å². The second kappa shape index (κ2) is 8.26. The molecular formula is C25H24N2OS. The summed E-state index contributed by atoms with van der Waals surface area (Å²) in [6, 6.07) is 22.4. The Balaban J connectivity index is 1.73. The van der Waals surface area contributed by atoms with Gasteiger partial charge in [-0.1, -0.05) is 71.9 Å².